The van der Waals surface area contributed by atoms with Crippen LogP contribution >= 0.6 is 24.0 Å². The van der Waals surface area contributed by atoms with Gasteiger partial charge in [-0.3, -0.25) is 18.9 Å². The Bertz CT molecular complexity index is 804. The van der Waals surface area contributed by atoms with Crippen molar-refractivity contribution in [3.8, 4) is 0 Å². The predicted molar refractivity (Wildman–Crippen MR) is 112 cm³/mol. The summed E-state index contributed by atoms with van der Waals surface area (Å²) in [5.74, 6) is 1.15. The zero-order chi connectivity index (χ0) is 18.4. The molecule has 2 aromatic heterocycles. The highest BCUT2D eigenvalue weighted by Gasteiger charge is 2.25. The first kappa shape index (κ1) is 21.1. The summed E-state index contributed by atoms with van der Waals surface area (Å²) < 4.78 is 1.89. The Morgan fingerprint density at radius 1 is 1.19 bits per heavy atom. The zero-order valence-corrected chi connectivity index (χ0v) is 17.6. The molecule has 9 nitrogen and oxygen atoms in total. The number of imide groups is 1. The standard InChI is InChI=1S/C17H23N7O2.HI/c1-2-18-17(19-9-11-24-15(25)7-5-8-16(24)26)20-12-14-22-21-13-6-3-4-10-23(13)14;/h3-4,6,10H,2,5,7-9,11-12H2,1H3,(H2,18,19,20);1H. The van der Waals surface area contributed by atoms with Crippen LogP contribution in [0.4, 0.5) is 0 Å². The molecular weight excluding hydrogens is 461 g/mol. The Hall–Kier alpha value is -2.24. The Morgan fingerprint density at radius 3 is 2.70 bits per heavy atom. The molecule has 2 aromatic rings. The Morgan fingerprint density at radius 2 is 1.96 bits per heavy atom. The molecule has 10 heteroatoms. The van der Waals surface area contributed by atoms with Gasteiger partial charge in [-0.2, -0.15) is 0 Å². The number of halogens is 1. The normalized spacial score (nSPS) is 15.0. The van der Waals surface area contributed by atoms with Crippen molar-refractivity contribution in [3.05, 3.63) is 30.2 Å². The molecule has 146 valence electrons. The molecule has 1 aliphatic rings. The Balaban J connectivity index is 0.00000261. The summed E-state index contributed by atoms with van der Waals surface area (Å²) in [6, 6.07) is 5.71. The number of aromatic nitrogens is 3. The van der Waals surface area contributed by atoms with Gasteiger partial charge in [0.1, 0.15) is 6.54 Å². The number of hydrogen-bond donors (Lipinski definition) is 2. The Kier molecular flexibility index (Phi) is 7.95. The van der Waals surface area contributed by atoms with Crippen LogP contribution in [-0.2, 0) is 16.1 Å². The van der Waals surface area contributed by atoms with Crippen molar-refractivity contribution in [3.63, 3.8) is 0 Å². The van der Waals surface area contributed by atoms with E-state index in [4.69, 9.17) is 0 Å². The fraction of sp³-hybridized carbons (Fsp3) is 0.471. The molecule has 0 atom stereocenters. The van der Waals surface area contributed by atoms with Gasteiger partial charge in [-0.15, -0.1) is 34.2 Å². The maximum atomic E-state index is 11.8. The lowest BCUT2D eigenvalue weighted by atomic mass is 10.1. The molecule has 0 bridgehead atoms. The lowest BCUT2D eigenvalue weighted by Crippen LogP contribution is -2.46. The van der Waals surface area contributed by atoms with Gasteiger partial charge in [-0.25, -0.2) is 4.99 Å². The summed E-state index contributed by atoms with van der Waals surface area (Å²) in [4.78, 5) is 29.5. The minimum Gasteiger partial charge on any atom is -0.357 e. The minimum absolute atomic E-state index is 0. The smallest absolute Gasteiger partial charge is 0.229 e. The highest BCUT2D eigenvalue weighted by Crippen LogP contribution is 2.11. The van der Waals surface area contributed by atoms with E-state index < -0.39 is 0 Å². The van der Waals surface area contributed by atoms with Gasteiger partial charge in [0.05, 0.1) is 0 Å². The maximum absolute atomic E-state index is 11.8. The average molecular weight is 485 g/mol. The van der Waals surface area contributed by atoms with Gasteiger partial charge in [0.25, 0.3) is 0 Å². The van der Waals surface area contributed by atoms with Crippen LogP contribution in [0.2, 0.25) is 0 Å². The number of amides is 2. The van der Waals surface area contributed by atoms with Crippen LogP contribution < -0.4 is 10.6 Å². The van der Waals surface area contributed by atoms with Gasteiger partial charge in [-0.05, 0) is 25.5 Å². The topological polar surface area (TPSA) is 104 Å². The molecule has 1 fully saturated rings. The molecule has 0 aromatic carbocycles. The minimum atomic E-state index is -0.0973. The molecule has 0 aliphatic carbocycles. The van der Waals surface area contributed by atoms with Crippen LogP contribution in [0.1, 0.15) is 32.0 Å². The number of hydrogen-bond acceptors (Lipinski definition) is 5. The van der Waals surface area contributed by atoms with E-state index in [1.807, 2.05) is 35.7 Å². The summed E-state index contributed by atoms with van der Waals surface area (Å²) in [5, 5.41) is 14.6. The van der Waals surface area contributed by atoms with Gasteiger partial charge in [0.15, 0.2) is 17.4 Å². The fourth-order valence-electron chi connectivity index (χ4n) is 2.83. The molecule has 1 saturated heterocycles. The third-order valence-electron chi connectivity index (χ3n) is 4.12. The van der Waals surface area contributed by atoms with E-state index in [2.05, 4.69) is 25.8 Å². The van der Waals surface area contributed by atoms with Crippen LogP contribution in [-0.4, -0.2) is 56.9 Å². The van der Waals surface area contributed by atoms with Gasteiger partial charge in [0, 0.05) is 38.7 Å². The second-order valence-corrected chi connectivity index (χ2v) is 5.96. The molecule has 2 amide bonds. The summed E-state index contributed by atoms with van der Waals surface area (Å²) >= 11 is 0. The maximum Gasteiger partial charge on any atom is 0.229 e. The molecule has 1 aliphatic heterocycles. The van der Waals surface area contributed by atoms with Gasteiger partial charge >= 0.3 is 0 Å². The second-order valence-electron chi connectivity index (χ2n) is 5.96. The van der Waals surface area contributed by atoms with E-state index in [0.29, 0.717) is 51.4 Å². The van der Waals surface area contributed by atoms with Crippen molar-refractivity contribution >= 4 is 47.4 Å². The number of likely N-dealkylation sites (tertiary alicyclic amines) is 1. The summed E-state index contributed by atoms with van der Waals surface area (Å²) in [6.07, 6.45) is 3.44. The first-order valence-corrected chi connectivity index (χ1v) is 8.83. The van der Waals surface area contributed by atoms with Gasteiger partial charge in [0.2, 0.25) is 11.8 Å². The van der Waals surface area contributed by atoms with Crippen molar-refractivity contribution in [2.75, 3.05) is 19.6 Å². The first-order chi connectivity index (χ1) is 12.7. The van der Waals surface area contributed by atoms with E-state index in [-0.39, 0.29) is 35.8 Å². The molecular formula is C17H24IN7O2. The van der Waals surface area contributed by atoms with Crippen LogP contribution in [0.15, 0.2) is 29.4 Å². The number of guanidine groups is 1. The molecule has 3 heterocycles. The number of piperidine rings is 1. The third kappa shape index (κ3) is 5.37. The quantitative estimate of drug-likeness (QED) is 0.273. The van der Waals surface area contributed by atoms with E-state index in [1.165, 1.54) is 4.90 Å². The van der Waals surface area contributed by atoms with Crippen molar-refractivity contribution in [1.82, 2.24) is 30.1 Å². The van der Waals surface area contributed by atoms with Gasteiger partial charge in [-0.1, -0.05) is 6.07 Å². The molecule has 0 spiro atoms. The number of nitrogens with one attached hydrogen (secondary N) is 2. The molecule has 0 unspecified atom stereocenters. The van der Waals surface area contributed by atoms with E-state index in [9.17, 15) is 9.59 Å². The molecule has 2 N–H and O–H groups in total. The van der Waals surface area contributed by atoms with E-state index in [0.717, 1.165) is 11.5 Å². The zero-order valence-electron chi connectivity index (χ0n) is 15.2. The largest absolute Gasteiger partial charge is 0.357 e. The van der Waals surface area contributed by atoms with Crippen molar-refractivity contribution < 1.29 is 9.59 Å². The summed E-state index contributed by atoms with van der Waals surface area (Å²) in [7, 11) is 0. The second kappa shape index (κ2) is 10.2. The average Bonchev–Trinajstić information content (AvgIpc) is 3.05. The predicted octanol–water partition coefficient (Wildman–Crippen LogP) is 0.941. The molecule has 27 heavy (non-hydrogen) atoms. The van der Waals surface area contributed by atoms with Crippen LogP contribution in [0.25, 0.3) is 5.65 Å². The number of carbonyl (C=O) groups is 2. The number of pyridine rings is 1. The summed E-state index contributed by atoms with van der Waals surface area (Å²) in [6.45, 7) is 3.83. The lowest BCUT2D eigenvalue weighted by molar-refractivity contribution is -0.147. The molecule has 3 rings (SSSR count). The van der Waals surface area contributed by atoms with Crippen LogP contribution in [0, 0.1) is 0 Å². The Labute approximate surface area is 174 Å². The van der Waals surface area contributed by atoms with Crippen molar-refractivity contribution in [2.45, 2.75) is 32.7 Å². The highest BCUT2D eigenvalue weighted by molar-refractivity contribution is 14.0. The van der Waals surface area contributed by atoms with E-state index in [1.54, 1.807) is 0 Å². The fourth-order valence-corrected chi connectivity index (χ4v) is 2.83. The SMILES string of the molecule is CCNC(=NCc1nnc2ccccn12)NCCN1C(=O)CCCC1=O.I. The number of nitrogens with zero attached hydrogens (tertiary/aromatic N) is 5. The highest BCUT2D eigenvalue weighted by atomic mass is 127. The van der Waals surface area contributed by atoms with Gasteiger partial charge < -0.3 is 10.6 Å². The molecule has 0 radical (unpaired) electrons. The van der Waals surface area contributed by atoms with Crippen LogP contribution in [0.5, 0.6) is 0 Å². The van der Waals surface area contributed by atoms with E-state index >= 15 is 0 Å². The number of carbonyl (C=O) groups excluding carboxylic acids is 2. The van der Waals surface area contributed by atoms with Crippen molar-refractivity contribution in [2.24, 2.45) is 4.99 Å². The third-order valence-corrected chi connectivity index (χ3v) is 4.12. The number of fused-ring (bicyclic) bond motifs is 1. The lowest BCUT2D eigenvalue weighted by Gasteiger charge is -2.25. The summed E-state index contributed by atoms with van der Waals surface area (Å²) in [5.41, 5.74) is 0.776. The number of aliphatic imine (C=N–C) groups is 1. The first-order valence-electron chi connectivity index (χ1n) is 8.83. The van der Waals surface area contributed by atoms with Crippen molar-refractivity contribution in [1.29, 1.82) is 0 Å². The molecule has 0 saturated carbocycles. The monoisotopic (exact) mass is 485 g/mol. The van der Waals surface area contributed by atoms with Crippen LogP contribution in [0.3, 0.4) is 0 Å². The number of rotatable bonds is 6.